The van der Waals surface area contributed by atoms with Crippen LogP contribution in [-0.4, -0.2) is 29.2 Å². The summed E-state index contributed by atoms with van der Waals surface area (Å²) in [5.74, 6) is -0.563. The number of anilines is 1. The molecule has 0 radical (unpaired) electrons. The molecule has 2 N–H and O–H groups in total. The highest BCUT2D eigenvalue weighted by Crippen LogP contribution is 2.35. The highest BCUT2D eigenvalue weighted by atomic mass is 32.1. The summed E-state index contributed by atoms with van der Waals surface area (Å²) < 4.78 is 37.9. The fraction of sp³-hybridized carbons (Fsp3) is 0.538. The Morgan fingerprint density at radius 2 is 1.95 bits per heavy atom. The van der Waals surface area contributed by atoms with Crippen LogP contribution in [-0.2, 0) is 0 Å². The van der Waals surface area contributed by atoms with E-state index in [2.05, 4.69) is 4.98 Å². The number of aryl methyl sites for hydroxylation is 1. The number of nitrogens with two attached hydrogens (primary N) is 1. The van der Waals surface area contributed by atoms with Crippen LogP contribution in [0, 0.1) is 12.8 Å². The van der Waals surface area contributed by atoms with Crippen LogP contribution in [0.4, 0.5) is 19.0 Å². The van der Waals surface area contributed by atoms with Crippen LogP contribution in [0.1, 0.15) is 24.1 Å². The molecule has 0 aliphatic carbocycles. The van der Waals surface area contributed by atoms with Crippen molar-refractivity contribution >= 4 is 23.0 Å². The molecule has 1 aromatic rings. The third-order valence-corrected chi connectivity index (χ3v) is 3.74. The summed E-state index contributed by atoms with van der Waals surface area (Å²) >= 11 is 4.93. The molecular formula is C13H16F3N3S. The van der Waals surface area contributed by atoms with E-state index < -0.39 is 12.1 Å². The van der Waals surface area contributed by atoms with Gasteiger partial charge in [0.25, 0.3) is 0 Å². The van der Waals surface area contributed by atoms with E-state index in [1.165, 1.54) is 0 Å². The predicted molar refractivity (Wildman–Crippen MR) is 75.9 cm³/mol. The van der Waals surface area contributed by atoms with E-state index in [1.807, 2.05) is 11.8 Å². The van der Waals surface area contributed by atoms with Crippen molar-refractivity contribution in [2.45, 2.75) is 25.9 Å². The summed E-state index contributed by atoms with van der Waals surface area (Å²) in [5.41, 5.74) is 7.04. The molecule has 1 aliphatic rings. The summed E-state index contributed by atoms with van der Waals surface area (Å²) in [4.78, 5) is 6.48. The van der Waals surface area contributed by atoms with Gasteiger partial charge in [-0.3, -0.25) is 0 Å². The number of piperidine rings is 1. The molecule has 2 heterocycles. The smallest absolute Gasteiger partial charge is 0.389 e. The molecule has 2 rings (SSSR count). The SMILES string of the molecule is Cc1cc(C(N)=S)cc(N2CCC(C(F)(F)F)CC2)n1. The van der Waals surface area contributed by atoms with Crippen LogP contribution in [0.2, 0.25) is 0 Å². The molecule has 3 nitrogen and oxygen atoms in total. The van der Waals surface area contributed by atoms with Crippen LogP contribution in [0.15, 0.2) is 12.1 Å². The molecule has 0 unspecified atom stereocenters. The Balaban J connectivity index is 2.13. The Kier molecular flexibility index (Phi) is 4.17. The Morgan fingerprint density at radius 1 is 1.35 bits per heavy atom. The number of nitrogens with zero attached hydrogens (tertiary/aromatic N) is 2. The minimum Gasteiger partial charge on any atom is -0.389 e. The first-order valence-electron chi connectivity index (χ1n) is 6.37. The molecule has 0 aromatic carbocycles. The van der Waals surface area contributed by atoms with Gasteiger partial charge in [-0.05, 0) is 31.9 Å². The number of thiocarbonyl (C=S) groups is 1. The second kappa shape index (κ2) is 5.55. The number of rotatable bonds is 2. The molecule has 1 saturated heterocycles. The number of hydrogen-bond acceptors (Lipinski definition) is 3. The van der Waals surface area contributed by atoms with E-state index in [0.717, 1.165) is 5.69 Å². The predicted octanol–water partition coefficient (Wildman–Crippen LogP) is 2.80. The largest absolute Gasteiger partial charge is 0.391 e. The first-order valence-corrected chi connectivity index (χ1v) is 6.78. The van der Waals surface area contributed by atoms with E-state index >= 15 is 0 Å². The Labute approximate surface area is 121 Å². The van der Waals surface area contributed by atoms with Crippen molar-refractivity contribution in [1.29, 1.82) is 0 Å². The van der Waals surface area contributed by atoms with E-state index in [0.29, 0.717) is 24.5 Å². The molecule has 1 aromatic heterocycles. The number of pyridine rings is 1. The highest BCUT2D eigenvalue weighted by molar-refractivity contribution is 7.80. The third-order valence-electron chi connectivity index (χ3n) is 3.51. The number of hydrogen-bond donors (Lipinski definition) is 1. The minimum atomic E-state index is -4.10. The molecule has 1 fully saturated rings. The fourth-order valence-corrected chi connectivity index (χ4v) is 2.51. The van der Waals surface area contributed by atoms with Gasteiger partial charge in [-0.15, -0.1) is 0 Å². The maximum absolute atomic E-state index is 12.6. The van der Waals surface area contributed by atoms with E-state index in [-0.39, 0.29) is 17.8 Å². The molecule has 0 bridgehead atoms. The third kappa shape index (κ3) is 3.39. The number of alkyl halides is 3. The molecule has 110 valence electrons. The van der Waals surface area contributed by atoms with Gasteiger partial charge in [0, 0.05) is 24.3 Å². The summed E-state index contributed by atoms with van der Waals surface area (Å²) in [6.45, 7) is 2.50. The van der Waals surface area contributed by atoms with Crippen molar-refractivity contribution in [3.05, 3.63) is 23.4 Å². The van der Waals surface area contributed by atoms with Crippen LogP contribution in [0.25, 0.3) is 0 Å². The number of aromatic nitrogens is 1. The molecule has 0 atom stereocenters. The van der Waals surface area contributed by atoms with Gasteiger partial charge in [0.05, 0.1) is 5.92 Å². The lowest BCUT2D eigenvalue weighted by molar-refractivity contribution is -0.179. The summed E-state index contributed by atoms with van der Waals surface area (Å²) in [7, 11) is 0. The van der Waals surface area contributed by atoms with Gasteiger partial charge in [0.2, 0.25) is 0 Å². The quantitative estimate of drug-likeness (QED) is 0.853. The van der Waals surface area contributed by atoms with Crippen molar-refractivity contribution in [3.8, 4) is 0 Å². The Morgan fingerprint density at radius 3 is 2.45 bits per heavy atom. The Bertz CT molecular complexity index is 508. The van der Waals surface area contributed by atoms with Crippen molar-refractivity contribution < 1.29 is 13.2 Å². The lowest BCUT2D eigenvalue weighted by Crippen LogP contribution is -2.39. The zero-order chi connectivity index (χ0) is 14.9. The second-order valence-electron chi connectivity index (χ2n) is 5.02. The van der Waals surface area contributed by atoms with E-state index in [4.69, 9.17) is 18.0 Å². The first kappa shape index (κ1) is 15.0. The monoisotopic (exact) mass is 303 g/mol. The van der Waals surface area contributed by atoms with Crippen molar-refractivity contribution in [3.63, 3.8) is 0 Å². The van der Waals surface area contributed by atoms with Crippen LogP contribution in [0.5, 0.6) is 0 Å². The average molecular weight is 303 g/mol. The van der Waals surface area contributed by atoms with Gasteiger partial charge in [0.1, 0.15) is 10.8 Å². The molecule has 1 aliphatic heterocycles. The lowest BCUT2D eigenvalue weighted by Gasteiger charge is -2.33. The molecule has 0 spiro atoms. The molecule has 20 heavy (non-hydrogen) atoms. The van der Waals surface area contributed by atoms with Gasteiger partial charge in [-0.25, -0.2) is 4.98 Å². The van der Waals surface area contributed by atoms with Crippen LogP contribution < -0.4 is 10.6 Å². The van der Waals surface area contributed by atoms with Crippen molar-refractivity contribution in [2.75, 3.05) is 18.0 Å². The van der Waals surface area contributed by atoms with Gasteiger partial charge in [0.15, 0.2) is 0 Å². The fourth-order valence-electron chi connectivity index (χ4n) is 2.39. The minimum absolute atomic E-state index is 0.0987. The van der Waals surface area contributed by atoms with Gasteiger partial charge >= 0.3 is 6.18 Å². The topological polar surface area (TPSA) is 42.1 Å². The summed E-state index contributed by atoms with van der Waals surface area (Å²) in [6, 6.07) is 3.51. The normalized spacial score (nSPS) is 17.3. The number of halogens is 3. The highest BCUT2D eigenvalue weighted by Gasteiger charge is 2.41. The summed E-state index contributed by atoms with van der Waals surface area (Å²) in [6.07, 6.45) is -3.90. The maximum Gasteiger partial charge on any atom is 0.391 e. The zero-order valence-electron chi connectivity index (χ0n) is 11.1. The van der Waals surface area contributed by atoms with Gasteiger partial charge in [-0.1, -0.05) is 12.2 Å². The van der Waals surface area contributed by atoms with Crippen molar-refractivity contribution in [1.82, 2.24) is 4.98 Å². The molecular weight excluding hydrogens is 287 g/mol. The first-order chi connectivity index (χ1) is 9.27. The second-order valence-corrected chi connectivity index (χ2v) is 5.46. The zero-order valence-corrected chi connectivity index (χ0v) is 11.9. The molecule has 0 saturated carbocycles. The molecule has 7 heteroatoms. The lowest BCUT2D eigenvalue weighted by atomic mass is 9.96. The molecule has 0 amide bonds. The van der Waals surface area contributed by atoms with Crippen molar-refractivity contribution in [2.24, 2.45) is 11.7 Å². The average Bonchev–Trinajstić information content (AvgIpc) is 2.37. The standard InChI is InChI=1S/C13H16F3N3S/c1-8-6-9(12(17)20)7-11(18-8)19-4-2-10(3-5-19)13(14,15)16/h6-7,10H,2-5H2,1H3,(H2,17,20). The summed E-state index contributed by atoms with van der Waals surface area (Å²) in [5, 5.41) is 0. The maximum atomic E-state index is 12.6. The Hall–Kier alpha value is -1.37. The van der Waals surface area contributed by atoms with E-state index in [1.54, 1.807) is 12.1 Å². The van der Waals surface area contributed by atoms with Crippen LogP contribution >= 0.6 is 12.2 Å². The van der Waals surface area contributed by atoms with Gasteiger partial charge in [-0.2, -0.15) is 13.2 Å². The van der Waals surface area contributed by atoms with E-state index in [9.17, 15) is 13.2 Å². The van der Waals surface area contributed by atoms with Crippen LogP contribution in [0.3, 0.4) is 0 Å². The van der Waals surface area contributed by atoms with Gasteiger partial charge < -0.3 is 10.6 Å².